The Hall–Kier alpha value is -1.51. The first-order valence-electron chi connectivity index (χ1n) is 3.37. The Morgan fingerprint density at radius 2 is 2.45 bits per heavy atom. The van der Waals surface area contributed by atoms with Gasteiger partial charge in [0.2, 0.25) is 6.41 Å². The van der Waals surface area contributed by atoms with E-state index in [0.717, 1.165) is 6.42 Å². The van der Waals surface area contributed by atoms with E-state index in [4.69, 9.17) is 5.73 Å². The fraction of sp³-hybridized carbons (Fsp3) is 0.125. The molecule has 3 nitrogen and oxygen atoms in total. The number of hydrogen-bond acceptors (Lipinski definition) is 2. The molecule has 0 aromatic rings. The van der Waals surface area contributed by atoms with E-state index in [-0.39, 0.29) is 0 Å². The lowest BCUT2D eigenvalue weighted by Gasteiger charge is -2.02. The van der Waals surface area contributed by atoms with Crippen molar-refractivity contribution in [3.63, 3.8) is 0 Å². The second-order valence-corrected chi connectivity index (χ2v) is 2.17. The molecule has 0 radical (unpaired) electrons. The topological polar surface area (TPSA) is 55.1 Å². The highest BCUT2D eigenvalue weighted by molar-refractivity contribution is 5.54. The number of hydrogen-bond donors (Lipinski definition) is 2. The van der Waals surface area contributed by atoms with Gasteiger partial charge < -0.3 is 11.1 Å². The Bertz CT molecular complexity index is 238. The Labute approximate surface area is 65.3 Å². The lowest BCUT2D eigenvalue weighted by atomic mass is 10.3. The molecular weight excluding hydrogens is 140 g/mol. The molecule has 0 fully saturated rings. The predicted molar refractivity (Wildman–Crippen MR) is 43.3 cm³/mol. The number of carbonyl (C=O) groups excluding carboxylic acids is 1. The van der Waals surface area contributed by atoms with E-state index >= 15 is 0 Å². The summed E-state index contributed by atoms with van der Waals surface area (Å²) in [6, 6.07) is 0. The number of nitrogens with one attached hydrogen (secondary N) is 1. The van der Waals surface area contributed by atoms with Gasteiger partial charge in [0, 0.05) is 0 Å². The van der Waals surface area contributed by atoms with E-state index in [1.54, 1.807) is 6.08 Å². The Balaban J connectivity index is 2.79. The molecule has 0 bridgehead atoms. The molecule has 0 aromatic carbocycles. The van der Waals surface area contributed by atoms with E-state index in [1.807, 2.05) is 18.2 Å². The largest absolute Gasteiger partial charge is 0.397 e. The molecule has 1 aliphatic carbocycles. The lowest BCUT2D eigenvalue weighted by molar-refractivity contribution is -0.108. The summed E-state index contributed by atoms with van der Waals surface area (Å²) >= 11 is 0. The first kappa shape index (κ1) is 7.60. The SMILES string of the molecule is NC1=CCC=CC=C1NC=O. The van der Waals surface area contributed by atoms with E-state index in [0.29, 0.717) is 17.8 Å². The minimum atomic E-state index is 0.613. The Kier molecular flexibility index (Phi) is 2.49. The zero-order chi connectivity index (χ0) is 8.10. The highest BCUT2D eigenvalue weighted by atomic mass is 16.1. The average Bonchev–Trinajstić information content (AvgIpc) is 2.18. The number of carbonyl (C=O) groups is 1. The van der Waals surface area contributed by atoms with Crippen LogP contribution in [-0.4, -0.2) is 6.41 Å². The third kappa shape index (κ3) is 1.97. The number of amides is 1. The van der Waals surface area contributed by atoms with Gasteiger partial charge in [0.05, 0.1) is 11.4 Å². The monoisotopic (exact) mass is 150 g/mol. The summed E-state index contributed by atoms with van der Waals surface area (Å²) < 4.78 is 0. The fourth-order valence-corrected chi connectivity index (χ4v) is 0.839. The zero-order valence-corrected chi connectivity index (χ0v) is 6.08. The zero-order valence-electron chi connectivity index (χ0n) is 6.08. The maximum atomic E-state index is 10.1. The maximum absolute atomic E-state index is 10.1. The molecule has 0 saturated carbocycles. The van der Waals surface area contributed by atoms with Crippen LogP contribution in [0.15, 0.2) is 35.7 Å². The molecule has 1 rings (SSSR count). The van der Waals surface area contributed by atoms with E-state index < -0.39 is 0 Å². The van der Waals surface area contributed by atoms with E-state index in [1.165, 1.54) is 0 Å². The molecule has 11 heavy (non-hydrogen) atoms. The molecule has 1 aliphatic rings. The lowest BCUT2D eigenvalue weighted by Crippen LogP contribution is -2.16. The smallest absolute Gasteiger partial charge is 0.211 e. The predicted octanol–water partition coefficient (Wildman–Crippen LogP) is 0.419. The van der Waals surface area contributed by atoms with Crippen molar-refractivity contribution in [3.05, 3.63) is 35.7 Å². The van der Waals surface area contributed by atoms with E-state index in [2.05, 4.69) is 5.32 Å². The van der Waals surface area contributed by atoms with Crippen LogP contribution in [0.4, 0.5) is 0 Å². The fourth-order valence-electron chi connectivity index (χ4n) is 0.839. The Morgan fingerprint density at radius 1 is 1.64 bits per heavy atom. The first-order chi connectivity index (χ1) is 5.34. The molecule has 1 amide bonds. The molecule has 0 aromatic heterocycles. The van der Waals surface area contributed by atoms with E-state index in [9.17, 15) is 4.79 Å². The second-order valence-electron chi connectivity index (χ2n) is 2.17. The number of rotatable bonds is 2. The highest BCUT2D eigenvalue weighted by Gasteiger charge is 1.98. The van der Waals surface area contributed by atoms with Gasteiger partial charge in [-0.2, -0.15) is 0 Å². The van der Waals surface area contributed by atoms with Crippen LogP contribution in [0.2, 0.25) is 0 Å². The third-order valence-electron chi connectivity index (χ3n) is 1.40. The summed E-state index contributed by atoms with van der Waals surface area (Å²) in [7, 11) is 0. The highest BCUT2D eigenvalue weighted by Crippen LogP contribution is 2.05. The minimum absolute atomic E-state index is 0.613. The van der Waals surface area contributed by atoms with Crippen LogP contribution in [0.25, 0.3) is 0 Å². The molecular formula is C8H10N2O. The molecule has 3 heteroatoms. The third-order valence-corrected chi connectivity index (χ3v) is 1.40. The first-order valence-corrected chi connectivity index (χ1v) is 3.37. The van der Waals surface area contributed by atoms with Crippen LogP contribution in [0, 0.1) is 0 Å². The van der Waals surface area contributed by atoms with Crippen molar-refractivity contribution in [2.24, 2.45) is 5.73 Å². The van der Waals surface area contributed by atoms with Crippen molar-refractivity contribution in [1.82, 2.24) is 5.32 Å². The summed E-state index contributed by atoms with van der Waals surface area (Å²) in [5, 5.41) is 2.51. The summed E-state index contributed by atoms with van der Waals surface area (Å²) in [5.74, 6) is 0. The minimum Gasteiger partial charge on any atom is -0.397 e. The normalized spacial score (nSPS) is 16.4. The molecule has 0 heterocycles. The van der Waals surface area contributed by atoms with Gasteiger partial charge >= 0.3 is 0 Å². The van der Waals surface area contributed by atoms with Gasteiger partial charge in [-0.05, 0) is 12.5 Å². The van der Waals surface area contributed by atoms with Crippen molar-refractivity contribution in [1.29, 1.82) is 0 Å². The maximum Gasteiger partial charge on any atom is 0.211 e. The summed E-state index contributed by atoms with van der Waals surface area (Å²) in [5.41, 5.74) is 6.87. The van der Waals surface area contributed by atoms with Gasteiger partial charge in [0.15, 0.2) is 0 Å². The van der Waals surface area contributed by atoms with Gasteiger partial charge in [-0.25, -0.2) is 0 Å². The van der Waals surface area contributed by atoms with Crippen LogP contribution in [-0.2, 0) is 4.79 Å². The van der Waals surface area contributed by atoms with Gasteiger partial charge in [-0.1, -0.05) is 18.2 Å². The van der Waals surface area contributed by atoms with Crippen LogP contribution >= 0.6 is 0 Å². The standard InChI is InChI=1S/C8H10N2O/c9-7-4-2-1-3-5-8(7)10-6-11/h1,3-6H,2,9H2,(H,10,11). The van der Waals surface area contributed by atoms with Gasteiger partial charge in [0.25, 0.3) is 0 Å². The molecule has 0 aliphatic heterocycles. The van der Waals surface area contributed by atoms with Crippen LogP contribution in [0.5, 0.6) is 0 Å². The van der Waals surface area contributed by atoms with Crippen molar-refractivity contribution in [2.75, 3.05) is 0 Å². The molecule has 0 saturated heterocycles. The van der Waals surface area contributed by atoms with Gasteiger partial charge in [0.1, 0.15) is 0 Å². The number of nitrogens with two attached hydrogens (primary N) is 1. The van der Waals surface area contributed by atoms with Gasteiger partial charge in [-0.15, -0.1) is 0 Å². The second kappa shape index (κ2) is 3.61. The van der Waals surface area contributed by atoms with Crippen molar-refractivity contribution < 1.29 is 4.79 Å². The van der Waals surface area contributed by atoms with Gasteiger partial charge in [-0.3, -0.25) is 4.79 Å². The molecule has 58 valence electrons. The molecule has 0 unspecified atom stereocenters. The average molecular weight is 150 g/mol. The summed E-state index contributed by atoms with van der Waals surface area (Å²) in [6.07, 6.45) is 8.88. The molecule has 3 N–H and O–H groups in total. The summed E-state index contributed by atoms with van der Waals surface area (Å²) in [4.78, 5) is 10.1. The van der Waals surface area contributed by atoms with Crippen molar-refractivity contribution in [2.45, 2.75) is 6.42 Å². The molecule has 0 spiro atoms. The quantitative estimate of drug-likeness (QED) is 0.560. The van der Waals surface area contributed by atoms with Crippen LogP contribution < -0.4 is 11.1 Å². The number of allylic oxidation sites excluding steroid dienone is 4. The summed E-state index contributed by atoms with van der Waals surface area (Å²) in [6.45, 7) is 0. The van der Waals surface area contributed by atoms with Crippen molar-refractivity contribution >= 4 is 6.41 Å². The van der Waals surface area contributed by atoms with Crippen LogP contribution in [0.3, 0.4) is 0 Å². The van der Waals surface area contributed by atoms with Crippen molar-refractivity contribution in [3.8, 4) is 0 Å². The van der Waals surface area contributed by atoms with Crippen LogP contribution in [0.1, 0.15) is 6.42 Å². The Morgan fingerprint density at radius 3 is 3.18 bits per heavy atom. The molecule has 0 atom stereocenters.